The van der Waals surface area contributed by atoms with Gasteiger partial charge in [-0.15, -0.1) is 0 Å². The van der Waals surface area contributed by atoms with E-state index in [-0.39, 0.29) is 18.1 Å². The van der Waals surface area contributed by atoms with E-state index in [0.29, 0.717) is 19.8 Å². The number of rotatable bonds is 4. The maximum Gasteiger partial charge on any atom is 0.104 e. The monoisotopic (exact) mass is 160 g/mol. The molecule has 0 saturated carbocycles. The molecule has 1 fully saturated rings. The largest absolute Gasteiger partial charge is 0.390 e. The second kappa shape index (κ2) is 4.04. The van der Waals surface area contributed by atoms with Crippen molar-refractivity contribution in [3.63, 3.8) is 0 Å². The molecule has 1 unspecified atom stereocenters. The zero-order chi connectivity index (χ0) is 8.27. The molecule has 1 atom stereocenters. The maximum atomic E-state index is 9.33. The van der Waals surface area contributed by atoms with Gasteiger partial charge >= 0.3 is 0 Å². The summed E-state index contributed by atoms with van der Waals surface area (Å²) in [6.07, 6.45) is -0.112. The Balaban J connectivity index is 2.01. The molecular weight excluding hydrogens is 144 g/mol. The molecule has 1 saturated heterocycles. The molecule has 0 aromatic carbocycles. The minimum Gasteiger partial charge on any atom is -0.390 e. The molecule has 0 amide bonds. The van der Waals surface area contributed by atoms with Crippen LogP contribution in [-0.2, 0) is 9.47 Å². The minimum atomic E-state index is -0.337. The Hall–Kier alpha value is -0.120. The number of ether oxygens (including phenoxy) is 2. The number of hydrogen-bond acceptors (Lipinski definition) is 3. The van der Waals surface area contributed by atoms with Crippen LogP contribution in [0.25, 0.3) is 0 Å². The predicted molar refractivity (Wildman–Crippen MR) is 41.4 cm³/mol. The third kappa shape index (κ3) is 2.77. The van der Waals surface area contributed by atoms with E-state index in [1.165, 1.54) is 0 Å². The van der Waals surface area contributed by atoms with E-state index in [1.807, 2.05) is 13.8 Å². The van der Waals surface area contributed by atoms with Gasteiger partial charge in [-0.05, 0) is 5.92 Å². The molecule has 0 radical (unpaired) electrons. The molecule has 3 nitrogen and oxygen atoms in total. The van der Waals surface area contributed by atoms with Crippen molar-refractivity contribution in [3.8, 4) is 0 Å². The zero-order valence-electron chi connectivity index (χ0n) is 7.12. The van der Waals surface area contributed by atoms with E-state index in [1.54, 1.807) is 0 Å². The molecule has 0 bridgehead atoms. The van der Waals surface area contributed by atoms with E-state index < -0.39 is 0 Å². The highest BCUT2D eigenvalue weighted by Gasteiger charge is 2.20. The van der Waals surface area contributed by atoms with Gasteiger partial charge < -0.3 is 14.6 Å². The Morgan fingerprint density at radius 3 is 2.55 bits per heavy atom. The van der Waals surface area contributed by atoms with Crippen LogP contribution in [0.2, 0.25) is 0 Å². The molecule has 0 aromatic rings. The van der Waals surface area contributed by atoms with Gasteiger partial charge in [0.05, 0.1) is 25.9 Å². The van der Waals surface area contributed by atoms with E-state index in [2.05, 4.69) is 0 Å². The highest BCUT2D eigenvalue weighted by molar-refractivity contribution is 4.66. The lowest BCUT2D eigenvalue weighted by Gasteiger charge is -2.27. The van der Waals surface area contributed by atoms with E-state index in [0.717, 1.165) is 0 Å². The number of aliphatic hydroxyl groups excluding tert-OH is 1. The predicted octanol–water partition coefficient (Wildman–Crippen LogP) is 0.419. The van der Waals surface area contributed by atoms with Crippen molar-refractivity contribution in [2.24, 2.45) is 5.92 Å². The van der Waals surface area contributed by atoms with Crippen molar-refractivity contribution in [1.82, 2.24) is 0 Å². The molecule has 3 heteroatoms. The fourth-order valence-corrected chi connectivity index (χ4v) is 0.737. The fraction of sp³-hybridized carbons (Fsp3) is 1.00. The van der Waals surface area contributed by atoms with Crippen LogP contribution >= 0.6 is 0 Å². The third-order valence-electron chi connectivity index (χ3n) is 1.88. The summed E-state index contributed by atoms with van der Waals surface area (Å²) in [6, 6.07) is 0. The standard InChI is InChI=1S/C8H16O3/c1-6(2)8(9)5-11-7-3-10-4-7/h6-9H,3-5H2,1-2H3. The summed E-state index contributed by atoms with van der Waals surface area (Å²) in [4.78, 5) is 0. The SMILES string of the molecule is CC(C)C(O)COC1COC1. The first-order chi connectivity index (χ1) is 5.20. The normalized spacial score (nSPS) is 21.8. The third-order valence-corrected chi connectivity index (χ3v) is 1.88. The quantitative estimate of drug-likeness (QED) is 0.647. The minimum absolute atomic E-state index is 0.225. The van der Waals surface area contributed by atoms with Crippen LogP contribution in [-0.4, -0.2) is 37.1 Å². The van der Waals surface area contributed by atoms with Gasteiger partial charge in [0.1, 0.15) is 6.10 Å². The summed E-state index contributed by atoms with van der Waals surface area (Å²) in [5.41, 5.74) is 0. The summed E-state index contributed by atoms with van der Waals surface area (Å²) in [5, 5.41) is 9.33. The van der Waals surface area contributed by atoms with Crippen LogP contribution in [0.3, 0.4) is 0 Å². The van der Waals surface area contributed by atoms with Gasteiger partial charge in [0, 0.05) is 0 Å². The molecule has 1 N–H and O–H groups in total. The summed E-state index contributed by atoms with van der Waals surface area (Å²) in [6.45, 7) is 5.76. The molecule has 1 rings (SSSR count). The molecule has 11 heavy (non-hydrogen) atoms. The molecule has 0 spiro atoms. The molecule has 1 aliphatic rings. The fourth-order valence-electron chi connectivity index (χ4n) is 0.737. The van der Waals surface area contributed by atoms with Gasteiger partial charge in [-0.25, -0.2) is 0 Å². The molecule has 0 aromatic heterocycles. The first kappa shape index (κ1) is 8.97. The van der Waals surface area contributed by atoms with Crippen molar-refractivity contribution in [1.29, 1.82) is 0 Å². The van der Waals surface area contributed by atoms with E-state index in [9.17, 15) is 5.11 Å². The second-order valence-corrected chi connectivity index (χ2v) is 3.30. The Morgan fingerprint density at radius 2 is 2.18 bits per heavy atom. The van der Waals surface area contributed by atoms with Gasteiger partial charge in [0.25, 0.3) is 0 Å². The Kier molecular flexibility index (Phi) is 3.30. The van der Waals surface area contributed by atoms with Gasteiger partial charge in [-0.3, -0.25) is 0 Å². The smallest absolute Gasteiger partial charge is 0.104 e. The Morgan fingerprint density at radius 1 is 1.55 bits per heavy atom. The van der Waals surface area contributed by atoms with Gasteiger partial charge in [0.15, 0.2) is 0 Å². The first-order valence-corrected chi connectivity index (χ1v) is 4.07. The van der Waals surface area contributed by atoms with Crippen LogP contribution in [0, 0.1) is 5.92 Å². The highest BCUT2D eigenvalue weighted by Crippen LogP contribution is 2.08. The number of hydrogen-bond donors (Lipinski definition) is 1. The lowest BCUT2D eigenvalue weighted by molar-refractivity contribution is -0.146. The lowest BCUT2D eigenvalue weighted by atomic mass is 10.1. The van der Waals surface area contributed by atoms with Crippen molar-refractivity contribution < 1.29 is 14.6 Å². The molecule has 1 heterocycles. The zero-order valence-corrected chi connectivity index (χ0v) is 7.12. The summed E-state index contributed by atoms with van der Waals surface area (Å²) in [5.74, 6) is 0.274. The van der Waals surface area contributed by atoms with Gasteiger partial charge in [-0.1, -0.05) is 13.8 Å². The first-order valence-electron chi connectivity index (χ1n) is 4.07. The summed E-state index contributed by atoms with van der Waals surface area (Å²) < 4.78 is 10.2. The average Bonchev–Trinajstić information content (AvgIpc) is 1.83. The topological polar surface area (TPSA) is 38.7 Å². The summed E-state index contributed by atoms with van der Waals surface area (Å²) >= 11 is 0. The van der Waals surface area contributed by atoms with Crippen LogP contribution in [0.4, 0.5) is 0 Å². The molecule has 0 aliphatic carbocycles. The van der Waals surface area contributed by atoms with Crippen LogP contribution < -0.4 is 0 Å². The lowest BCUT2D eigenvalue weighted by Crippen LogP contribution is -2.38. The van der Waals surface area contributed by atoms with Crippen LogP contribution in [0.1, 0.15) is 13.8 Å². The van der Waals surface area contributed by atoms with E-state index in [4.69, 9.17) is 9.47 Å². The molecule has 66 valence electrons. The van der Waals surface area contributed by atoms with Crippen molar-refractivity contribution in [2.45, 2.75) is 26.1 Å². The average molecular weight is 160 g/mol. The summed E-state index contributed by atoms with van der Waals surface area (Å²) in [7, 11) is 0. The van der Waals surface area contributed by atoms with E-state index >= 15 is 0 Å². The molecule has 1 aliphatic heterocycles. The van der Waals surface area contributed by atoms with Crippen molar-refractivity contribution in [3.05, 3.63) is 0 Å². The van der Waals surface area contributed by atoms with Gasteiger partial charge in [0.2, 0.25) is 0 Å². The second-order valence-electron chi connectivity index (χ2n) is 3.30. The van der Waals surface area contributed by atoms with Crippen molar-refractivity contribution >= 4 is 0 Å². The van der Waals surface area contributed by atoms with Crippen LogP contribution in [0.15, 0.2) is 0 Å². The maximum absolute atomic E-state index is 9.33. The highest BCUT2D eigenvalue weighted by atomic mass is 16.6. The molecular formula is C8H16O3. The van der Waals surface area contributed by atoms with Gasteiger partial charge in [-0.2, -0.15) is 0 Å². The number of aliphatic hydroxyl groups is 1. The van der Waals surface area contributed by atoms with Crippen molar-refractivity contribution in [2.75, 3.05) is 19.8 Å². The Bertz CT molecular complexity index is 110. The Labute approximate surface area is 67.3 Å². The van der Waals surface area contributed by atoms with Crippen LogP contribution in [0.5, 0.6) is 0 Å².